The minimum absolute atomic E-state index is 0.0472. The minimum atomic E-state index is -0.0472. The molecule has 2 N–H and O–H groups in total. The number of amides is 1. The number of hydrogen-bond donors (Lipinski definition) is 2. The Morgan fingerprint density at radius 2 is 2.25 bits per heavy atom. The fraction of sp³-hybridized carbons (Fsp3) is 0.600. The van der Waals surface area contributed by atoms with Crippen LogP contribution >= 0.6 is 11.6 Å². The Morgan fingerprint density at radius 1 is 1.56 bits per heavy atom. The average molecular weight is 245 g/mol. The van der Waals surface area contributed by atoms with Crippen LogP contribution < -0.4 is 10.6 Å². The van der Waals surface area contributed by atoms with Crippen molar-refractivity contribution in [2.75, 3.05) is 13.6 Å². The molecule has 5 nitrogen and oxygen atoms in total. The van der Waals surface area contributed by atoms with Gasteiger partial charge in [0.25, 0.3) is 0 Å². The summed E-state index contributed by atoms with van der Waals surface area (Å²) in [6, 6.07) is 0. The van der Waals surface area contributed by atoms with Crippen molar-refractivity contribution < 1.29 is 4.79 Å². The van der Waals surface area contributed by atoms with Gasteiger partial charge in [0.15, 0.2) is 0 Å². The van der Waals surface area contributed by atoms with E-state index in [1.165, 1.54) is 0 Å². The van der Waals surface area contributed by atoms with E-state index in [0.717, 1.165) is 17.8 Å². The monoisotopic (exact) mass is 244 g/mol. The molecule has 0 aliphatic rings. The van der Waals surface area contributed by atoms with Crippen molar-refractivity contribution in [2.45, 2.75) is 19.9 Å². The number of rotatable bonds is 5. The van der Waals surface area contributed by atoms with Gasteiger partial charge in [-0.3, -0.25) is 9.48 Å². The van der Waals surface area contributed by atoms with Gasteiger partial charge in [0.05, 0.1) is 23.0 Å². The molecule has 1 heterocycles. The van der Waals surface area contributed by atoms with E-state index in [1.807, 2.05) is 14.0 Å². The van der Waals surface area contributed by atoms with E-state index in [4.69, 9.17) is 11.6 Å². The molecule has 16 heavy (non-hydrogen) atoms. The molecular weight excluding hydrogens is 228 g/mol. The fourth-order valence-corrected chi connectivity index (χ4v) is 1.76. The molecule has 0 aromatic carbocycles. The third-order valence-electron chi connectivity index (χ3n) is 2.36. The Bertz CT molecular complexity index is 375. The van der Waals surface area contributed by atoms with Crippen molar-refractivity contribution in [3.63, 3.8) is 0 Å². The van der Waals surface area contributed by atoms with Gasteiger partial charge in [-0.2, -0.15) is 5.10 Å². The van der Waals surface area contributed by atoms with Gasteiger partial charge in [-0.05, 0) is 6.42 Å². The van der Waals surface area contributed by atoms with Crippen molar-refractivity contribution in [3.05, 3.63) is 16.4 Å². The maximum absolute atomic E-state index is 11.0. The number of nitrogens with zero attached hydrogens (tertiary/aromatic N) is 2. The zero-order chi connectivity index (χ0) is 12.1. The van der Waals surface area contributed by atoms with Crippen molar-refractivity contribution in [3.8, 4) is 0 Å². The molecule has 0 saturated carbocycles. The molecule has 90 valence electrons. The molecule has 0 atom stereocenters. The van der Waals surface area contributed by atoms with Crippen LogP contribution in [0.2, 0.25) is 5.02 Å². The van der Waals surface area contributed by atoms with E-state index in [0.29, 0.717) is 11.6 Å². The number of hydrogen-bond acceptors (Lipinski definition) is 3. The second-order valence-electron chi connectivity index (χ2n) is 3.46. The Balaban J connectivity index is 2.60. The van der Waals surface area contributed by atoms with Crippen molar-refractivity contribution >= 4 is 17.5 Å². The maximum Gasteiger partial charge on any atom is 0.233 e. The predicted octanol–water partition coefficient (Wildman–Crippen LogP) is 0.472. The minimum Gasteiger partial charge on any atom is -0.358 e. The fourth-order valence-electron chi connectivity index (χ4n) is 1.39. The van der Waals surface area contributed by atoms with E-state index >= 15 is 0 Å². The summed E-state index contributed by atoms with van der Waals surface area (Å²) >= 11 is 6.16. The number of halogens is 1. The number of likely N-dealkylation sites (N-methyl/N-ethyl adjacent to an activating group) is 1. The maximum atomic E-state index is 11.0. The van der Waals surface area contributed by atoms with Crippen LogP contribution in [0.3, 0.4) is 0 Å². The molecule has 1 aromatic heterocycles. The Morgan fingerprint density at radius 3 is 2.75 bits per heavy atom. The summed E-state index contributed by atoms with van der Waals surface area (Å²) in [5, 5.41) is 10.5. The number of aryl methyl sites for hydroxylation is 2. The Kier molecular flexibility index (Phi) is 4.76. The van der Waals surface area contributed by atoms with Gasteiger partial charge in [-0.25, -0.2) is 0 Å². The molecule has 0 aliphatic carbocycles. The van der Waals surface area contributed by atoms with Gasteiger partial charge >= 0.3 is 0 Å². The summed E-state index contributed by atoms with van der Waals surface area (Å²) in [6.07, 6.45) is 0.808. The van der Waals surface area contributed by atoms with Gasteiger partial charge in [-0.15, -0.1) is 0 Å². The summed E-state index contributed by atoms with van der Waals surface area (Å²) in [4.78, 5) is 11.0. The first-order chi connectivity index (χ1) is 7.60. The van der Waals surface area contributed by atoms with Crippen LogP contribution in [0, 0.1) is 0 Å². The average Bonchev–Trinajstić information content (AvgIpc) is 2.55. The van der Waals surface area contributed by atoms with Crippen LogP contribution in [0.25, 0.3) is 0 Å². The standard InChI is InChI=1S/C10H17ClN4O/c1-4-7-10(11)8(15(3)14-7)5-13-6-9(16)12-2/h13H,4-6H2,1-3H3,(H,12,16). The highest BCUT2D eigenvalue weighted by Crippen LogP contribution is 2.20. The summed E-state index contributed by atoms with van der Waals surface area (Å²) in [7, 11) is 3.46. The summed E-state index contributed by atoms with van der Waals surface area (Å²) in [5.41, 5.74) is 1.79. The van der Waals surface area contributed by atoms with Crippen LogP contribution in [-0.4, -0.2) is 29.3 Å². The van der Waals surface area contributed by atoms with Crippen LogP contribution in [0.15, 0.2) is 0 Å². The lowest BCUT2D eigenvalue weighted by Crippen LogP contribution is -2.31. The summed E-state index contributed by atoms with van der Waals surface area (Å²) < 4.78 is 1.75. The normalized spacial score (nSPS) is 10.5. The molecule has 0 aliphatic heterocycles. The van der Waals surface area contributed by atoms with Crippen molar-refractivity contribution in [1.29, 1.82) is 0 Å². The molecule has 1 rings (SSSR count). The van der Waals surface area contributed by atoms with Gasteiger partial charge in [0.1, 0.15) is 0 Å². The molecular formula is C10H17ClN4O. The predicted molar refractivity (Wildman–Crippen MR) is 63.4 cm³/mol. The molecule has 0 saturated heterocycles. The van der Waals surface area contributed by atoms with E-state index in [1.54, 1.807) is 11.7 Å². The van der Waals surface area contributed by atoms with Crippen LogP contribution in [0.1, 0.15) is 18.3 Å². The molecule has 6 heteroatoms. The van der Waals surface area contributed by atoms with Gasteiger partial charge in [0.2, 0.25) is 5.91 Å². The zero-order valence-electron chi connectivity index (χ0n) is 9.80. The number of nitrogens with one attached hydrogen (secondary N) is 2. The van der Waals surface area contributed by atoms with E-state index in [2.05, 4.69) is 15.7 Å². The second-order valence-corrected chi connectivity index (χ2v) is 3.84. The first kappa shape index (κ1) is 13.0. The molecule has 0 fully saturated rings. The lowest BCUT2D eigenvalue weighted by Gasteiger charge is -2.04. The van der Waals surface area contributed by atoms with Crippen LogP contribution in [0.5, 0.6) is 0 Å². The summed E-state index contributed by atoms with van der Waals surface area (Å²) in [5.74, 6) is -0.0472. The van der Waals surface area contributed by atoms with Gasteiger partial charge < -0.3 is 10.6 Å². The lowest BCUT2D eigenvalue weighted by atomic mass is 10.3. The van der Waals surface area contributed by atoms with Crippen molar-refractivity contribution in [1.82, 2.24) is 20.4 Å². The molecule has 0 bridgehead atoms. The molecule has 0 radical (unpaired) electrons. The first-order valence-corrected chi connectivity index (χ1v) is 5.59. The lowest BCUT2D eigenvalue weighted by molar-refractivity contribution is -0.119. The van der Waals surface area contributed by atoms with E-state index in [9.17, 15) is 4.79 Å². The molecule has 1 amide bonds. The largest absolute Gasteiger partial charge is 0.358 e. The molecule has 0 spiro atoms. The van der Waals surface area contributed by atoms with E-state index < -0.39 is 0 Å². The quantitative estimate of drug-likeness (QED) is 0.792. The molecule has 1 aromatic rings. The topological polar surface area (TPSA) is 59.0 Å². The second kappa shape index (κ2) is 5.86. The highest BCUT2D eigenvalue weighted by Gasteiger charge is 2.12. The van der Waals surface area contributed by atoms with Gasteiger partial charge in [-0.1, -0.05) is 18.5 Å². The highest BCUT2D eigenvalue weighted by molar-refractivity contribution is 6.31. The zero-order valence-corrected chi connectivity index (χ0v) is 10.6. The number of carbonyl (C=O) groups excluding carboxylic acids is 1. The van der Waals surface area contributed by atoms with Crippen LogP contribution in [-0.2, 0) is 24.8 Å². The smallest absolute Gasteiger partial charge is 0.233 e. The highest BCUT2D eigenvalue weighted by atomic mass is 35.5. The number of carbonyl (C=O) groups is 1. The van der Waals surface area contributed by atoms with Crippen LogP contribution in [0.4, 0.5) is 0 Å². The third kappa shape index (κ3) is 2.96. The SMILES string of the molecule is CCc1nn(C)c(CNCC(=O)NC)c1Cl. The van der Waals surface area contributed by atoms with Crippen molar-refractivity contribution in [2.24, 2.45) is 7.05 Å². The molecule has 0 unspecified atom stereocenters. The first-order valence-electron chi connectivity index (χ1n) is 5.21. The summed E-state index contributed by atoms with van der Waals surface area (Å²) in [6.45, 7) is 2.82. The van der Waals surface area contributed by atoms with E-state index in [-0.39, 0.29) is 12.5 Å². The van der Waals surface area contributed by atoms with Gasteiger partial charge in [0, 0.05) is 20.6 Å². The third-order valence-corrected chi connectivity index (χ3v) is 2.80. The number of aromatic nitrogens is 2. The Hall–Kier alpha value is -1.07. The Labute approximate surface area is 100 Å².